The van der Waals surface area contributed by atoms with Gasteiger partial charge in [0.25, 0.3) is 0 Å². The lowest BCUT2D eigenvalue weighted by atomic mass is 9.74. The van der Waals surface area contributed by atoms with Gasteiger partial charge in [0.1, 0.15) is 0 Å². The number of hydrogen-bond acceptors (Lipinski definition) is 6. The molecule has 2 heterocycles. The summed E-state index contributed by atoms with van der Waals surface area (Å²) in [5.74, 6) is -1.87. The van der Waals surface area contributed by atoms with Gasteiger partial charge in [-0.2, -0.15) is 0 Å². The Bertz CT molecular complexity index is 1730. The van der Waals surface area contributed by atoms with Crippen molar-refractivity contribution in [1.82, 2.24) is 4.90 Å². The van der Waals surface area contributed by atoms with Gasteiger partial charge in [0.05, 0.1) is 57.1 Å². The van der Waals surface area contributed by atoms with Gasteiger partial charge in [-0.15, -0.1) is 0 Å². The molecule has 0 aromatic heterocycles. The molecule has 4 aliphatic rings. The largest absolute Gasteiger partial charge is 0.545 e. The SMILES string of the molecule is CCCCCCCCCC[N+](C)(C)CCCCCCCCCC.O=C([O-])c1ccc(CN2C3=CC4C(=O)c5ccccc5NC4C=C3C(=O)C3C=CC=CC32)cc1. The summed E-state index contributed by atoms with van der Waals surface area (Å²) in [4.78, 5) is 40.1. The van der Waals surface area contributed by atoms with E-state index >= 15 is 0 Å². The maximum Gasteiger partial charge on any atom is 0.174 e. The zero-order chi connectivity index (χ0) is 40.6. The first kappa shape index (κ1) is 43.9. The number of carboxylic acids is 1. The number of likely N-dealkylation sites (tertiary alicyclic amines) is 1. The van der Waals surface area contributed by atoms with Crippen LogP contribution in [0.15, 0.2) is 96.3 Å². The molecule has 308 valence electrons. The Morgan fingerprint density at radius 2 is 1.25 bits per heavy atom. The van der Waals surface area contributed by atoms with E-state index < -0.39 is 11.9 Å². The molecule has 6 rings (SSSR count). The third kappa shape index (κ3) is 12.4. The Kier molecular flexibility index (Phi) is 17.0. The number of allylic oxidation sites excluding steroid dienone is 3. The Labute approximate surface area is 343 Å². The molecule has 2 aromatic rings. The van der Waals surface area contributed by atoms with Crippen LogP contribution in [0.25, 0.3) is 0 Å². The molecule has 2 aliphatic carbocycles. The summed E-state index contributed by atoms with van der Waals surface area (Å²) >= 11 is 0. The first-order chi connectivity index (χ1) is 27.6. The fourth-order valence-electron chi connectivity index (χ4n) is 8.81. The first-order valence-corrected chi connectivity index (χ1v) is 22.3. The van der Waals surface area contributed by atoms with Crippen molar-refractivity contribution in [3.05, 3.63) is 113 Å². The summed E-state index contributed by atoms with van der Waals surface area (Å²) in [5, 5.41) is 14.6. The van der Waals surface area contributed by atoms with Crippen LogP contribution < -0.4 is 10.4 Å². The highest BCUT2D eigenvalue weighted by Gasteiger charge is 2.45. The number of fused-ring (bicyclic) bond motifs is 4. The molecule has 1 fully saturated rings. The number of para-hydroxylation sites is 1. The Balaban J connectivity index is 0.000000238. The van der Waals surface area contributed by atoms with Crippen LogP contribution in [0, 0.1) is 11.8 Å². The van der Waals surface area contributed by atoms with Gasteiger partial charge in [0.2, 0.25) is 0 Å². The van der Waals surface area contributed by atoms with Crippen LogP contribution in [0.1, 0.15) is 143 Å². The lowest BCUT2D eigenvalue weighted by Crippen LogP contribution is -2.51. The molecule has 2 aromatic carbocycles. The number of anilines is 1. The number of carboxylic acid groups (broad SMARTS) is 1. The third-order valence-corrected chi connectivity index (χ3v) is 12.3. The van der Waals surface area contributed by atoms with E-state index in [1.54, 1.807) is 12.1 Å². The van der Waals surface area contributed by atoms with E-state index in [1.807, 2.05) is 60.7 Å². The number of rotatable bonds is 21. The second-order valence-electron chi connectivity index (χ2n) is 17.3. The summed E-state index contributed by atoms with van der Waals surface area (Å²) in [6.45, 7) is 7.83. The number of ketones is 2. The number of aromatic carboxylic acids is 1. The number of piperidine rings is 1. The van der Waals surface area contributed by atoms with Gasteiger partial charge < -0.3 is 24.6 Å². The van der Waals surface area contributed by atoms with Crippen LogP contribution in [-0.4, -0.2) is 66.2 Å². The van der Waals surface area contributed by atoms with Crippen molar-refractivity contribution >= 4 is 23.2 Å². The topological polar surface area (TPSA) is 89.5 Å². The van der Waals surface area contributed by atoms with Crippen LogP contribution in [-0.2, 0) is 11.3 Å². The van der Waals surface area contributed by atoms with Crippen molar-refractivity contribution in [3.63, 3.8) is 0 Å². The maximum absolute atomic E-state index is 13.5. The fraction of sp³-hybridized carbons (Fsp3) is 0.540. The molecule has 0 bridgehead atoms. The summed E-state index contributed by atoms with van der Waals surface area (Å²) < 4.78 is 1.24. The van der Waals surface area contributed by atoms with E-state index in [0.717, 1.165) is 16.9 Å². The van der Waals surface area contributed by atoms with Gasteiger partial charge in [-0.1, -0.05) is 152 Å². The van der Waals surface area contributed by atoms with Gasteiger partial charge >= 0.3 is 0 Å². The highest BCUT2D eigenvalue weighted by molar-refractivity contribution is 6.09. The molecule has 1 saturated heterocycles. The molecule has 0 amide bonds. The number of benzene rings is 2. The Morgan fingerprint density at radius 3 is 1.84 bits per heavy atom. The molecule has 0 spiro atoms. The summed E-state index contributed by atoms with van der Waals surface area (Å²) in [7, 11) is 4.87. The fourth-order valence-corrected chi connectivity index (χ4v) is 8.81. The van der Waals surface area contributed by atoms with Gasteiger partial charge in [-0.3, -0.25) is 9.59 Å². The van der Waals surface area contributed by atoms with Crippen molar-refractivity contribution in [3.8, 4) is 0 Å². The number of unbranched alkanes of at least 4 members (excludes halogenated alkanes) is 14. The number of nitrogens with zero attached hydrogens (tertiary/aromatic N) is 2. The average molecular weight is 776 g/mol. The lowest BCUT2D eigenvalue weighted by molar-refractivity contribution is -0.890. The third-order valence-electron chi connectivity index (χ3n) is 12.3. The molecule has 57 heavy (non-hydrogen) atoms. The normalized spacial score (nSPS) is 20.6. The van der Waals surface area contributed by atoms with Crippen molar-refractivity contribution in [2.24, 2.45) is 11.8 Å². The van der Waals surface area contributed by atoms with Crippen LogP contribution in [0.2, 0.25) is 0 Å². The van der Waals surface area contributed by atoms with Crippen LogP contribution in [0.5, 0.6) is 0 Å². The molecule has 4 atom stereocenters. The molecule has 0 radical (unpaired) electrons. The minimum absolute atomic E-state index is 0.0362. The molecule has 4 unspecified atom stereocenters. The van der Waals surface area contributed by atoms with Gasteiger partial charge in [0, 0.05) is 29.1 Å². The quantitative estimate of drug-likeness (QED) is 0.100. The van der Waals surface area contributed by atoms with E-state index in [1.165, 1.54) is 132 Å². The van der Waals surface area contributed by atoms with Crippen LogP contribution in [0.3, 0.4) is 0 Å². The monoisotopic (exact) mass is 776 g/mol. The highest BCUT2D eigenvalue weighted by atomic mass is 16.4. The number of carbonyl (C=O) groups excluding carboxylic acids is 3. The molecule has 7 heteroatoms. The predicted molar refractivity (Wildman–Crippen MR) is 232 cm³/mol. The van der Waals surface area contributed by atoms with Crippen molar-refractivity contribution in [1.29, 1.82) is 0 Å². The molecule has 2 aliphatic heterocycles. The summed E-state index contributed by atoms with van der Waals surface area (Å²) in [5.41, 5.74) is 3.84. The van der Waals surface area contributed by atoms with Gasteiger partial charge in [-0.05, 0) is 61.1 Å². The Morgan fingerprint density at radius 1 is 0.684 bits per heavy atom. The minimum atomic E-state index is -1.22. The molecule has 1 N–H and O–H groups in total. The summed E-state index contributed by atoms with van der Waals surface area (Å²) in [6, 6.07) is 13.6. The van der Waals surface area contributed by atoms with E-state index in [4.69, 9.17) is 0 Å². The number of hydrogen-bond donors (Lipinski definition) is 1. The van der Waals surface area contributed by atoms with Crippen molar-refractivity contribution in [2.45, 2.75) is 135 Å². The Hall–Kier alpha value is -4.23. The standard InChI is InChI=1S/C28H22N2O4.C22H48N/c31-26-18-5-1-3-7-22(18)29-23-13-21-25(14-20(23)26)30(24-8-4-2-6-19(24)27(21)32)15-16-9-11-17(12-10-16)28(33)34;1-5-7-9-11-13-15-17-19-21-23(3,4)22-20-18-16-14-12-10-8-6-2/h1-14,19-20,23-24,29H,15H2,(H,33,34);5-22H2,1-4H3/q;+1/p-1. The van der Waals surface area contributed by atoms with Crippen molar-refractivity contribution < 1.29 is 24.0 Å². The van der Waals surface area contributed by atoms with E-state index in [0.29, 0.717) is 17.7 Å². The predicted octanol–water partition coefficient (Wildman–Crippen LogP) is 10.0. The molecule has 0 saturated carbocycles. The molecular weight excluding hydrogens is 707 g/mol. The van der Waals surface area contributed by atoms with Gasteiger partial charge in [-0.25, -0.2) is 0 Å². The number of quaternary nitrogens is 1. The second-order valence-corrected chi connectivity index (χ2v) is 17.3. The van der Waals surface area contributed by atoms with Crippen LogP contribution in [0.4, 0.5) is 5.69 Å². The van der Waals surface area contributed by atoms with Crippen LogP contribution >= 0.6 is 0 Å². The maximum atomic E-state index is 13.5. The smallest absolute Gasteiger partial charge is 0.174 e. The van der Waals surface area contributed by atoms with E-state index in [2.05, 4.69) is 38.2 Å². The van der Waals surface area contributed by atoms with Gasteiger partial charge in [0.15, 0.2) is 11.6 Å². The lowest BCUT2D eigenvalue weighted by Gasteiger charge is -2.46. The minimum Gasteiger partial charge on any atom is -0.545 e. The first-order valence-electron chi connectivity index (χ1n) is 22.3. The van der Waals surface area contributed by atoms with Crippen molar-refractivity contribution in [2.75, 3.05) is 32.5 Å². The number of nitrogens with one attached hydrogen (secondary N) is 1. The summed E-state index contributed by atoms with van der Waals surface area (Å²) in [6.07, 6.45) is 34.6. The average Bonchev–Trinajstić information content (AvgIpc) is 3.21. The highest BCUT2D eigenvalue weighted by Crippen LogP contribution is 2.42. The zero-order valence-corrected chi connectivity index (χ0v) is 35.4. The zero-order valence-electron chi connectivity index (χ0n) is 35.4. The van der Waals surface area contributed by atoms with E-state index in [9.17, 15) is 19.5 Å². The van der Waals surface area contributed by atoms with E-state index in [-0.39, 0.29) is 35.1 Å². The molecular formula is C50H69N3O4. The second kappa shape index (κ2) is 22.1. The number of Topliss-reactive ketones (excluding diaryl/α,β-unsaturated/α-hetero) is 2. The molecule has 7 nitrogen and oxygen atoms in total. The number of carbonyl (C=O) groups is 3.